The van der Waals surface area contributed by atoms with Gasteiger partial charge >= 0.3 is 0 Å². The van der Waals surface area contributed by atoms with Crippen molar-refractivity contribution < 1.29 is 0 Å². The number of rotatable bonds is 2. The van der Waals surface area contributed by atoms with Crippen LogP contribution in [0.4, 0.5) is 11.6 Å². The van der Waals surface area contributed by atoms with Crippen molar-refractivity contribution in [3.8, 4) is 11.5 Å². The number of nitrogens with one attached hydrogen (secondary N) is 2. The average molecular weight is 241 g/mol. The van der Waals surface area contributed by atoms with Gasteiger partial charge < -0.3 is 16.0 Å². The van der Waals surface area contributed by atoms with Gasteiger partial charge in [-0.3, -0.25) is 0 Å². The Labute approximate surface area is 103 Å². The minimum absolute atomic E-state index is 0.338. The van der Waals surface area contributed by atoms with Crippen LogP contribution in [0.5, 0.6) is 0 Å². The summed E-state index contributed by atoms with van der Waals surface area (Å²) in [6.45, 7) is 0. The van der Waals surface area contributed by atoms with Crippen LogP contribution in [-0.4, -0.2) is 32.0 Å². The monoisotopic (exact) mass is 241 g/mol. The van der Waals surface area contributed by atoms with E-state index >= 15 is 0 Å². The van der Waals surface area contributed by atoms with E-state index in [9.17, 15) is 0 Å². The number of nitrogen functional groups attached to an aromatic ring is 1. The zero-order chi connectivity index (χ0) is 12.5. The number of aromatic nitrogens is 5. The van der Waals surface area contributed by atoms with Crippen molar-refractivity contribution >= 4 is 22.8 Å². The van der Waals surface area contributed by atoms with Crippen LogP contribution in [0.25, 0.3) is 22.7 Å². The molecule has 90 valence electrons. The summed E-state index contributed by atoms with van der Waals surface area (Å²) in [7, 11) is 1.81. The second kappa shape index (κ2) is 3.95. The van der Waals surface area contributed by atoms with Crippen LogP contribution in [0.3, 0.4) is 0 Å². The first-order valence-corrected chi connectivity index (χ1v) is 5.39. The Hall–Kier alpha value is -2.70. The summed E-state index contributed by atoms with van der Waals surface area (Å²) in [4.78, 5) is 20.0. The summed E-state index contributed by atoms with van der Waals surface area (Å²) in [6, 6.07) is 3.77. The fourth-order valence-corrected chi connectivity index (χ4v) is 1.68. The van der Waals surface area contributed by atoms with Gasteiger partial charge in [-0.1, -0.05) is 0 Å². The highest BCUT2D eigenvalue weighted by Crippen LogP contribution is 2.21. The summed E-state index contributed by atoms with van der Waals surface area (Å²) >= 11 is 0. The van der Waals surface area contributed by atoms with Gasteiger partial charge in [0, 0.05) is 19.4 Å². The van der Waals surface area contributed by atoms with Crippen molar-refractivity contribution in [2.45, 2.75) is 0 Å². The van der Waals surface area contributed by atoms with E-state index in [-0.39, 0.29) is 0 Å². The van der Waals surface area contributed by atoms with E-state index in [1.165, 1.54) is 0 Å². The number of anilines is 2. The molecule has 3 heterocycles. The molecule has 0 amide bonds. The third kappa shape index (κ3) is 1.61. The van der Waals surface area contributed by atoms with Crippen LogP contribution in [0.2, 0.25) is 0 Å². The van der Waals surface area contributed by atoms with Crippen molar-refractivity contribution in [3.05, 3.63) is 24.5 Å². The molecule has 0 radical (unpaired) electrons. The molecule has 0 saturated heterocycles. The highest BCUT2D eigenvalue weighted by atomic mass is 15.1. The van der Waals surface area contributed by atoms with Crippen LogP contribution in [0, 0.1) is 0 Å². The average Bonchev–Trinajstić information content (AvgIpc) is 2.81. The third-order valence-electron chi connectivity index (χ3n) is 2.55. The van der Waals surface area contributed by atoms with E-state index in [0.717, 1.165) is 11.3 Å². The first-order valence-electron chi connectivity index (χ1n) is 5.39. The molecule has 0 aliphatic heterocycles. The lowest BCUT2D eigenvalue weighted by Gasteiger charge is -1.97. The first kappa shape index (κ1) is 10.5. The van der Waals surface area contributed by atoms with Gasteiger partial charge in [0.15, 0.2) is 17.3 Å². The molecule has 0 atom stereocenters. The second-order valence-corrected chi connectivity index (χ2v) is 3.69. The van der Waals surface area contributed by atoms with Gasteiger partial charge in [-0.15, -0.1) is 0 Å². The fourth-order valence-electron chi connectivity index (χ4n) is 1.68. The minimum atomic E-state index is 0.338. The predicted octanol–water partition coefficient (Wildman–Crippen LogP) is 1.04. The van der Waals surface area contributed by atoms with Crippen molar-refractivity contribution in [2.24, 2.45) is 0 Å². The van der Waals surface area contributed by atoms with Gasteiger partial charge in [0.1, 0.15) is 11.5 Å². The maximum Gasteiger partial charge on any atom is 0.180 e. The molecular weight excluding hydrogens is 230 g/mol. The zero-order valence-corrected chi connectivity index (χ0v) is 9.68. The Morgan fingerprint density at radius 1 is 1.17 bits per heavy atom. The van der Waals surface area contributed by atoms with Gasteiger partial charge in [-0.2, -0.15) is 0 Å². The largest absolute Gasteiger partial charge is 0.382 e. The predicted molar refractivity (Wildman–Crippen MR) is 68.9 cm³/mol. The van der Waals surface area contributed by atoms with Gasteiger partial charge in [0.2, 0.25) is 0 Å². The van der Waals surface area contributed by atoms with Crippen molar-refractivity contribution in [3.63, 3.8) is 0 Å². The number of aromatic amines is 1. The summed E-state index contributed by atoms with van der Waals surface area (Å²) in [5.41, 5.74) is 7.73. The molecule has 0 spiro atoms. The quantitative estimate of drug-likeness (QED) is 0.619. The second-order valence-electron chi connectivity index (χ2n) is 3.69. The molecular formula is C11H11N7. The van der Waals surface area contributed by atoms with Crippen LogP contribution in [0.1, 0.15) is 0 Å². The van der Waals surface area contributed by atoms with Crippen molar-refractivity contribution in [1.82, 2.24) is 24.9 Å². The summed E-state index contributed by atoms with van der Waals surface area (Å²) in [5, 5.41) is 2.96. The molecule has 0 unspecified atom stereocenters. The van der Waals surface area contributed by atoms with E-state index in [0.29, 0.717) is 23.0 Å². The van der Waals surface area contributed by atoms with Crippen LogP contribution in [0.15, 0.2) is 24.5 Å². The number of nitrogens with two attached hydrogens (primary N) is 1. The number of hydrogen-bond acceptors (Lipinski definition) is 6. The van der Waals surface area contributed by atoms with Gasteiger partial charge in [0.05, 0.1) is 5.52 Å². The fraction of sp³-hybridized carbons (Fsp3) is 0.0909. The number of imidazole rings is 1. The molecule has 7 nitrogen and oxygen atoms in total. The lowest BCUT2D eigenvalue weighted by molar-refractivity contribution is 1.17. The zero-order valence-electron chi connectivity index (χ0n) is 9.68. The molecule has 3 aromatic heterocycles. The smallest absolute Gasteiger partial charge is 0.180 e. The standard InChI is InChI=1S/C11H11N7/c1-13-7-3-2-6-10(17-7)18-11(16-6)8-9(12)15-5-4-14-8/h2-5H,1H3,(H2,12,15)(H2,13,16,17,18). The maximum absolute atomic E-state index is 5.76. The number of H-pyrrole nitrogens is 1. The Kier molecular flexibility index (Phi) is 2.30. The molecule has 3 rings (SSSR count). The Balaban J connectivity index is 2.17. The molecule has 0 aliphatic rings. The van der Waals surface area contributed by atoms with E-state index in [1.807, 2.05) is 19.2 Å². The number of pyridine rings is 1. The minimum Gasteiger partial charge on any atom is -0.382 e. The van der Waals surface area contributed by atoms with Gasteiger partial charge in [-0.25, -0.2) is 19.9 Å². The highest BCUT2D eigenvalue weighted by molar-refractivity contribution is 5.78. The molecule has 0 aliphatic carbocycles. The molecule has 0 aromatic carbocycles. The molecule has 7 heteroatoms. The topological polar surface area (TPSA) is 105 Å². The molecule has 0 saturated carbocycles. The van der Waals surface area contributed by atoms with E-state index in [2.05, 4.69) is 30.2 Å². The molecule has 18 heavy (non-hydrogen) atoms. The molecule has 3 aromatic rings. The van der Waals surface area contributed by atoms with Crippen LogP contribution in [-0.2, 0) is 0 Å². The number of hydrogen-bond donors (Lipinski definition) is 3. The third-order valence-corrected chi connectivity index (χ3v) is 2.55. The van der Waals surface area contributed by atoms with Crippen molar-refractivity contribution in [2.75, 3.05) is 18.1 Å². The van der Waals surface area contributed by atoms with E-state index in [1.54, 1.807) is 12.4 Å². The first-order chi connectivity index (χ1) is 8.78. The molecule has 0 fully saturated rings. The summed E-state index contributed by atoms with van der Waals surface area (Å²) < 4.78 is 0. The number of nitrogens with zero attached hydrogens (tertiary/aromatic N) is 4. The summed E-state index contributed by atoms with van der Waals surface area (Å²) in [5.74, 6) is 1.66. The lowest BCUT2D eigenvalue weighted by Crippen LogP contribution is -1.96. The van der Waals surface area contributed by atoms with E-state index in [4.69, 9.17) is 5.73 Å². The SMILES string of the molecule is CNc1ccc2[nH]c(-c3nccnc3N)nc2n1. The highest BCUT2D eigenvalue weighted by Gasteiger charge is 2.11. The Morgan fingerprint density at radius 3 is 2.78 bits per heavy atom. The van der Waals surface area contributed by atoms with Gasteiger partial charge in [0.25, 0.3) is 0 Å². The number of fused-ring (bicyclic) bond motifs is 1. The Morgan fingerprint density at radius 2 is 2.00 bits per heavy atom. The Bertz CT molecular complexity index is 703. The van der Waals surface area contributed by atoms with Crippen LogP contribution >= 0.6 is 0 Å². The normalized spacial score (nSPS) is 10.7. The van der Waals surface area contributed by atoms with Crippen LogP contribution < -0.4 is 11.1 Å². The van der Waals surface area contributed by atoms with Crippen molar-refractivity contribution in [1.29, 1.82) is 0 Å². The van der Waals surface area contributed by atoms with Gasteiger partial charge in [-0.05, 0) is 12.1 Å². The molecule has 4 N–H and O–H groups in total. The van der Waals surface area contributed by atoms with E-state index < -0.39 is 0 Å². The maximum atomic E-state index is 5.76. The molecule has 0 bridgehead atoms. The lowest BCUT2D eigenvalue weighted by atomic mass is 10.4. The summed E-state index contributed by atoms with van der Waals surface area (Å²) in [6.07, 6.45) is 3.12.